The first-order valence-corrected chi connectivity index (χ1v) is 33.3. The van der Waals surface area contributed by atoms with Gasteiger partial charge in [0.1, 0.15) is 0 Å². The highest BCUT2D eigenvalue weighted by Crippen LogP contribution is 2.19. The minimum absolute atomic E-state index is 0.0237. The summed E-state index contributed by atoms with van der Waals surface area (Å²) in [4.78, 5) is 24.5. The third-order valence-corrected chi connectivity index (χ3v) is 15.9. The summed E-state index contributed by atoms with van der Waals surface area (Å²) >= 11 is 0. The predicted molar refractivity (Wildman–Crippen MR) is 315 cm³/mol. The Hall–Kier alpha value is -1.14. The molecular weight excluding hydrogens is 887 g/mol. The van der Waals surface area contributed by atoms with Crippen molar-refractivity contribution in [2.24, 2.45) is 0 Å². The second-order valence-electron chi connectivity index (χ2n) is 23.2. The largest absolute Gasteiger partial charge is 0.466 e. The number of carbonyl (C=O) groups excluding carboxylic acids is 2. The molecule has 0 aromatic heterocycles. The molecule has 6 heteroatoms. The molecule has 0 saturated heterocycles. The minimum atomic E-state index is -0.659. The van der Waals surface area contributed by atoms with Crippen LogP contribution in [0.3, 0.4) is 0 Å². The molecule has 0 aliphatic rings. The van der Waals surface area contributed by atoms with Crippen molar-refractivity contribution in [2.75, 3.05) is 13.2 Å². The van der Waals surface area contributed by atoms with Crippen LogP contribution in [0.2, 0.25) is 0 Å². The number of amides is 1. The zero-order chi connectivity index (χ0) is 52.2. The number of hydrogen-bond acceptors (Lipinski definition) is 5. The van der Waals surface area contributed by atoms with E-state index in [1.54, 1.807) is 0 Å². The fraction of sp³-hybridized carbons (Fsp3) is 0.970. The van der Waals surface area contributed by atoms with Gasteiger partial charge in [-0.1, -0.05) is 348 Å². The average molecular weight is 1020 g/mol. The first-order valence-electron chi connectivity index (χ1n) is 33.3. The first kappa shape index (κ1) is 70.9. The molecule has 0 saturated carbocycles. The average Bonchev–Trinajstić information content (AvgIpc) is 3.38. The Kier molecular flexibility index (Phi) is 61.4. The van der Waals surface area contributed by atoms with Crippen molar-refractivity contribution in [1.29, 1.82) is 0 Å². The van der Waals surface area contributed by atoms with Crippen LogP contribution in [0.15, 0.2) is 0 Å². The lowest BCUT2D eigenvalue weighted by atomic mass is 10.0. The molecule has 0 rings (SSSR count). The molecule has 0 aliphatic carbocycles. The summed E-state index contributed by atoms with van der Waals surface area (Å²) in [6, 6.07) is -0.536. The molecule has 0 heterocycles. The highest BCUT2D eigenvalue weighted by molar-refractivity contribution is 5.76. The van der Waals surface area contributed by atoms with Crippen LogP contribution in [0.1, 0.15) is 386 Å². The van der Waals surface area contributed by atoms with E-state index in [1.807, 2.05) is 0 Å². The highest BCUT2D eigenvalue weighted by atomic mass is 16.5. The maximum Gasteiger partial charge on any atom is 0.305 e. The summed E-state index contributed by atoms with van der Waals surface area (Å²) in [5.74, 6) is -0.00742. The molecule has 2 unspecified atom stereocenters. The van der Waals surface area contributed by atoms with E-state index >= 15 is 0 Å². The lowest BCUT2D eigenvalue weighted by Gasteiger charge is -2.22. The number of aliphatic hydroxyl groups excluding tert-OH is 2. The van der Waals surface area contributed by atoms with E-state index < -0.39 is 12.1 Å². The molecule has 6 nitrogen and oxygen atoms in total. The van der Waals surface area contributed by atoms with Gasteiger partial charge >= 0.3 is 5.97 Å². The van der Waals surface area contributed by atoms with Crippen molar-refractivity contribution in [3.63, 3.8) is 0 Å². The van der Waals surface area contributed by atoms with Crippen molar-refractivity contribution in [1.82, 2.24) is 5.32 Å². The highest BCUT2D eigenvalue weighted by Gasteiger charge is 2.20. The molecule has 0 bridgehead atoms. The van der Waals surface area contributed by atoms with Gasteiger partial charge in [0.25, 0.3) is 0 Å². The summed E-state index contributed by atoms with van der Waals surface area (Å²) in [5.41, 5.74) is 0. The molecule has 0 aliphatic heterocycles. The van der Waals surface area contributed by atoms with Gasteiger partial charge in [-0.25, -0.2) is 0 Å². The van der Waals surface area contributed by atoms with E-state index in [1.165, 1.54) is 315 Å². The van der Waals surface area contributed by atoms with Crippen LogP contribution < -0.4 is 5.32 Å². The topological polar surface area (TPSA) is 95.9 Å². The van der Waals surface area contributed by atoms with Gasteiger partial charge in [0.05, 0.1) is 25.4 Å². The zero-order valence-corrected chi connectivity index (χ0v) is 49.2. The van der Waals surface area contributed by atoms with E-state index in [0.717, 1.165) is 38.5 Å². The van der Waals surface area contributed by atoms with Gasteiger partial charge < -0.3 is 20.3 Å². The molecule has 0 aromatic rings. The number of unbranched alkanes of at least 4 members (excludes halogenated alkanes) is 52. The van der Waals surface area contributed by atoms with Crippen LogP contribution in [0, 0.1) is 0 Å². The Balaban J connectivity index is 3.29. The predicted octanol–water partition coefficient (Wildman–Crippen LogP) is 21.0. The number of esters is 1. The summed E-state index contributed by atoms with van der Waals surface area (Å²) in [6.07, 6.45) is 74.4. The molecule has 2 atom stereocenters. The second kappa shape index (κ2) is 62.4. The van der Waals surface area contributed by atoms with E-state index in [0.29, 0.717) is 25.9 Å². The number of nitrogens with one attached hydrogen (secondary N) is 1. The monoisotopic (exact) mass is 1020 g/mol. The lowest BCUT2D eigenvalue weighted by molar-refractivity contribution is -0.143. The summed E-state index contributed by atoms with van der Waals surface area (Å²) in [5, 5.41) is 23.2. The van der Waals surface area contributed by atoms with Gasteiger partial charge in [-0.2, -0.15) is 0 Å². The van der Waals surface area contributed by atoms with Gasteiger partial charge in [-0.15, -0.1) is 0 Å². The van der Waals surface area contributed by atoms with Crippen LogP contribution in [0.4, 0.5) is 0 Å². The van der Waals surface area contributed by atoms with Crippen molar-refractivity contribution < 1.29 is 24.5 Å². The molecule has 72 heavy (non-hydrogen) atoms. The Labute approximate surface area is 451 Å². The summed E-state index contributed by atoms with van der Waals surface area (Å²) in [7, 11) is 0. The summed E-state index contributed by atoms with van der Waals surface area (Å²) in [6.45, 7) is 4.98. The molecular formula is C66H131NO5. The van der Waals surface area contributed by atoms with Crippen LogP contribution in [-0.4, -0.2) is 47.4 Å². The summed E-state index contributed by atoms with van der Waals surface area (Å²) < 4.78 is 5.51. The van der Waals surface area contributed by atoms with E-state index in [-0.39, 0.29) is 18.5 Å². The lowest BCUT2D eigenvalue weighted by Crippen LogP contribution is -2.45. The maximum absolute atomic E-state index is 12.4. The van der Waals surface area contributed by atoms with Gasteiger partial charge in [0.15, 0.2) is 0 Å². The molecule has 0 spiro atoms. The minimum Gasteiger partial charge on any atom is -0.466 e. The Morgan fingerprint density at radius 3 is 0.847 bits per heavy atom. The first-order chi connectivity index (χ1) is 35.5. The Bertz CT molecular complexity index is 1040. The normalized spacial score (nSPS) is 12.4. The van der Waals surface area contributed by atoms with Gasteiger partial charge in [-0.3, -0.25) is 9.59 Å². The fourth-order valence-corrected chi connectivity index (χ4v) is 10.8. The van der Waals surface area contributed by atoms with E-state index in [9.17, 15) is 19.8 Å². The van der Waals surface area contributed by atoms with Gasteiger partial charge in [-0.05, 0) is 25.7 Å². The SMILES string of the molecule is CCCCCCCCCCCCCCCCCCCC(=O)OCCCCCCCCCCCCCCCCCCCCCCCCCCCCCCC(=O)NC(CO)C(O)CCCCCCCCCCCC. The van der Waals surface area contributed by atoms with Gasteiger partial charge in [0.2, 0.25) is 5.91 Å². The van der Waals surface area contributed by atoms with E-state index in [2.05, 4.69) is 19.2 Å². The van der Waals surface area contributed by atoms with Crippen molar-refractivity contribution in [3.05, 3.63) is 0 Å². The third-order valence-electron chi connectivity index (χ3n) is 15.9. The zero-order valence-electron chi connectivity index (χ0n) is 49.2. The molecule has 3 N–H and O–H groups in total. The number of rotatable bonds is 63. The van der Waals surface area contributed by atoms with Crippen molar-refractivity contribution in [3.8, 4) is 0 Å². The number of carbonyl (C=O) groups is 2. The number of ether oxygens (including phenoxy) is 1. The van der Waals surface area contributed by atoms with Crippen LogP contribution in [0.5, 0.6) is 0 Å². The van der Waals surface area contributed by atoms with Crippen LogP contribution in [0.25, 0.3) is 0 Å². The number of hydrogen-bond donors (Lipinski definition) is 3. The quantitative estimate of drug-likeness (QED) is 0.0417. The Morgan fingerprint density at radius 1 is 0.333 bits per heavy atom. The second-order valence-corrected chi connectivity index (χ2v) is 23.2. The number of aliphatic hydroxyl groups is 2. The van der Waals surface area contributed by atoms with E-state index in [4.69, 9.17) is 4.74 Å². The van der Waals surface area contributed by atoms with Crippen LogP contribution >= 0.6 is 0 Å². The van der Waals surface area contributed by atoms with Gasteiger partial charge in [0, 0.05) is 12.8 Å². The molecule has 0 aromatic carbocycles. The van der Waals surface area contributed by atoms with Crippen LogP contribution in [-0.2, 0) is 14.3 Å². The molecule has 0 radical (unpaired) electrons. The third kappa shape index (κ3) is 58.1. The smallest absolute Gasteiger partial charge is 0.305 e. The van der Waals surface area contributed by atoms with Crippen molar-refractivity contribution in [2.45, 2.75) is 398 Å². The Morgan fingerprint density at radius 2 is 0.569 bits per heavy atom. The molecule has 0 fully saturated rings. The standard InChI is InChI=1S/C66H131NO5/c1-3-5-7-9-11-13-15-16-17-30-34-37-40-44-48-52-56-60-66(71)72-61-57-53-49-45-41-38-35-32-29-27-25-23-21-19-18-20-22-24-26-28-31-33-36-39-43-47-51-55-59-65(70)67-63(62-68)64(69)58-54-50-46-42-14-12-10-8-6-4-2/h63-64,68-69H,3-62H2,1-2H3,(H,67,70). The molecule has 430 valence electrons. The fourth-order valence-electron chi connectivity index (χ4n) is 10.8. The molecule has 1 amide bonds. The van der Waals surface area contributed by atoms with Crippen molar-refractivity contribution >= 4 is 11.9 Å². The maximum atomic E-state index is 12.4.